The predicted octanol–water partition coefficient (Wildman–Crippen LogP) is 0.798. The van der Waals surface area contributed by atoms with Gasteiger partial charge in [0, 0.05) is 18.3 Å². The zero-order valence-corrected chi connectivity index (χ0v) is 12.1. The first-order valence-electron chi connectivity index (χ1n) is 6.09. The van der Waals surface area contributed by atoms with E-state index in [-0.39, 0.29) is 22.1 Å². The van der Waals surface area contributed by atoms with Crippen LogP contribution in [0, 0.1) is 0 Å². The zero-order chi connectivity index (χ0) is 15.5. The van der Waals surface area contributed by atoms with Crippen LogP contribution in [0.2, 0.25) is 0 Å². The van der Waals surface area contributed by atoms with Gasteiger partial charge in [-0.3, -0.25) is 4.72 Å². The molecule has 0 saturated carbocycles. The molecule has 1 aromatic heterocycles. The number of benzene rings is 1. The number of sulfonamides is 1. The van der Waals surface area contributed by atoms with Crippen molar-refractivity contribution in [1.82, 2.24) is 9.55 Å². The van der Waals surface area contributed by atoms with Gasteiger partial charge in [-0.05, 0) is 19.1 Å². The summed E-state index contributed by atoms with van der Waals surface area (Å²) >= 11 is 0. The molecule has 2 rings (SSSR count). The van der Waals surface area contributed by atoms with Crippen LogP contribution >= 0.6 is 0 Å². The van der Waals surface area contributed by atoms with E-state index in [9.17, 15) is 8.42 Å². The Balaban J connectivity index is 2.37. The molecule has 0 unspecified atom stereocenters. The van der Waals surface area contributed by atoms with Crippen LogP contribution in [0.4, 0.5) is 5.69 Å². The number of hydrogen-bond acceptors (Lipinski definition) is 5. The highest BCUT2D eigenvalue weighted by Gasteiger charge is 2.19. The number of oxime groups is 1. The lowest BCUT2D eigenvalue weighted by Crippen LogP contribution is -2.19. The van der Waals surface area contributed by atoms with Crippen molar-refractivity contribution in [3.05, 3.63) is 42.4 Å². The average molecular weight is 309 g/mol. The lowest BCUT2D eigenvalue weighted by atomic mass is 10.2. The third-order valence-electron chi connectivity index (χ3n) is 2.81. The lowest BCUT2D eigenvalue weighted by Gasteiger charge is -2.10. The summed E-state index contributed by atoms with van der Waals surface area (Å²) < 4.78 is 28.6. The van der Waals surface area contributed by atoms with Gasteiger partial charge in [0.1, 0.15) is 0 Å². The standard InChI is InChI=1S/C12H15N5O3S/c1-2-17-7-11(14-8-17)21(19,20)16-10-6-4-3-5-9(10)12(13)15-18/h3-8,16,18H,2H2,1H3,(H2,13,15). The third kappa shape index (κ3) is 3.14. The number of nitrogens with two attached hydrogens (primary N) is 1. The molecule has 112 valence electrons. The molecule has 0 bridgehead atoms. The number of aryl methyl sites for hydroxylation is 1. The van der Waals surface area contributed by atoms with Crippen LogP contribution in [0.15, 0.2) is 47.0 Å². The number of rotatable bonds is 5. The first-order chi connectivity index (χ1) is 9.97. The molecule has 9 heteroatoms. The maximum Gasteiger partial charge on any atom is 0.280 e. The van der Waals surface area contributed by atoms with Gasteiger partial charge in [-0.25, -0.2) is 4.98 Å². The number of nitrogens with one attached hydrogen (secondary N) is 1. The molecule has 1 heterocycles. The van der Waals surface area contributed by atoms with E-state index in [2.05, 4.69) is 14.9 Å². The third-order valence-corrected chi connectivity index (χ3v) is 4.06. The fourth-order valence-corrected chi connectivity index (χ4v) is 2.73. The number of amidine groups is 1. The molecule has 4 N–H and O–H groups in total. The van der Waals surface area contributed by atoms with E-state index in [4.69, 9.17) is 10.9 Å². The van der Waals surface area contributed by atoms with E-state index in [0.717, 1.165) is 0 Å². The Morgan fingerprint density at radius 3 is 2.81 bits per heavy atom. The summed E-state index contributed by atoms with van der Waals surface area (Å²) in [6, 6.07) is 6.34. The van der Waals surface area contributed by atoms with Crippen LogP contribution in [0.3, 0.4) is 0 Å². The summed E-state index contributed by atoms with van der Waals surface area (Å²) in [5, 5.41) is 11.5. The molecule has 0 saturated heterocycles. The number of aromatic nitrogens is 2. The van der Waals surface area contributed by atoms with Gasteiger partial charge in [0.15, 0.2) is 10.9 Å². The maximum absolute atomic E-state index is 12.3. The molecule has 0 aliphatic heterocycles. The Bertz CT molecular complexity index is 767. The van der Waals surface area contributed by atoms with Gasteiger partial charge in [0.25, 0.3) is 10.0 Å². The van der Waals surface area contributed by atoms with Gasteiger partial charge in [0.2, 0.25) is 0 Å². The van der Waals surface area contributed by atoms with Crippen molar-refractivity contribution in [3.8, 4) is 0 Å². The van der Waals surface area contributed by atoms with Gasteiger partial charge in [-0.2, -0.15) is 8.42 Å². The van der Waals surface area contributed by atoms with Crippen LogP contribution in [0.25, 0.3) is 0 Å². The second-order valence-electron chi connectivity index (χ2n) is 4.18. The number of anilines is 1. The second kappa shape index (κ2) is 5.83. The van der Waals surface area contributed by atoms with Gasteiger partial charge < -0.3 is 15.5 Å². The van der Waals surface area contributed by atoms with Crippen molar-refractivity contribution in [2.45, 2.75) is 18.5 Å². The summed E-state index contributed by atoms with van der Waals surface area (Å²) in [6.45, 7) is 2.49. The summed E-state index contributed by atoms with van der Waals surface area (Å²) in [6.07, 6.45) is 2.86. The van der Waals surface area contributed by atoms with Crippen LogP contribution in [0.1, 0.15) is 12.5 Å². The smallest absolute Gasteiger partial charge is 0.280 e. The van der Waals surface area contributed by atoms with Crippen LogP contribution < -0.4 is 10.5 Å². The minimum atomic E-state index is -3.84. The SMILES string of the molecule is CCn1cnc(S(=O)(=O)Nc2ccccc2C(N)=NO)c1. The average Bonchev–Trinajstić information content (AvgIpc) is 2.96. The van der Waals surface area contributed by atoms with Crippen molar-refractivity contribution >= 4 is 21.5 Å². The van der Waals surface area contributed by atoms with Crippen LogP contribution in [-0.2, 0) is 16.6 Å². The quantitative estimate of drug-likeness (QED) is 0.326. The largest absolute Gasteiger partial charge is 0.409 e. The Morgan fingerprint density at radius 1 is 1.48 bits per heavy atom. The Morgan fingerprint density at radius 2 is 2.19 bits per heavy atom. The van der Waals surface area contributed by atoms with E-state index >= 15 is 0 Å². The highest BCUT2D eigenvalue weighted by atomic mass is 32.2. The van der Waals surface area contributed by atoms with E-state index in [1.807, 2.05) is 6.92 Å². The fraction of sp³-hybridized carbons (Fsp3) is 0.167. The summed E-state index contributed by atoms with van der Waals surface area (Å²) in [5.41, 5.74) is 6.01. The molecule has 0 amide bonds. The lowest BCUT2D eigenvalue weighted by molar-refractivity contribution is 0.318. The molecule has 0 aliphatic rings. The first kappa shape index (κ1) is 14.9. The van der Waals surface area contributed by atoms with Gasteiger partial charge in [0.05, 0.1) is 12.0 Å². The highest BCUT2D eigenvalue weighted by molar-refractivity contribution is 7.92. The molecule has 0 aliphatic carbocycles. The minimum absolute atomic E-state index is 0.0985. The highest BCUT2D eigenvalue weighted by Crippen LogP contribution is 2.19. The van der Waals surface area contributed by atoms with Gasteiger partial charge in [-0.1, -0.05) is 17.3 Å². The normalized spacial score (nSPS) is 12.3. The molecular weight excluding hydrogens is 294 g/mol. The molecular formula is C12H15N5O3S. The number of imidazole rings is 1. The van der Waals surface area contributed by atoms with Crippen LogP contribution in [0.5, 0.6) is 0 Å². The zero-order valence-electron chi connectivity index (χ0n) is 11.3. The number of hydrogen-bond donors (Lipinski definition) is 3. The number of para-hydroxylation sites is 1. The predicted molar refractivity (Wildman–Crippen MR) is 77.7 cm³/mol. The van der Waals surface area contributed by atoms with E-state index < -0.39 is 10.0 Å². The number of nitrogens with zero attached hydrogens (tertiary/aromatic N) is 3. The molecule has 0 radical (unpaired) electrons. The molecule has 0 atom stereocenters. The molecule has 21 heavy (non-hydrogen) atoms. The first-order valence-corrected chi connectivity index (χ1v) is 7.57. The van der Waals surface area contributed by atoms with Crippen molar-refractivity contribution in [1.29, 1.82) is 0 Å². The van der Waals surface area contributed by atoms with Crippen LogP contribution in [-0.4, -0.2) is 29.0 Å². The Hall–Kier alpha value is -2.55. The minimum Gasteiger partial charge on any atom is -0.409 e. The summed E-state index contributed by atoms with van der Waals surface area (Å²) in [5.74, 6) is -0.188. The Kier molecular flexibility index (Phi) is 4.13. The van der Waals surface area contributed by atoms with E-state index in [1.165, 1.54) is 24.7 Å². The fourth-order valence-electron chi connectivity index (χ4n) is 1.70. The van der Waals surface area contributed by atoms with Crippen molar-refractivity contribution in [2.75, 3.05) is 4.72 Å². The topological polar surface area (TPSA) is 123 Å². The van der Waals surface area contributed by atoms with Gasteiger partial charge in [-0.15, -0.1) is 0 Å². The molecule has 1 aromatic carbocycles. The van der Waals surface area contributed by atoms with Crippen molar-refractivity contribution < 1.29 is 13.6 Å². The summed E-state index contributed by atoms with van der Waals surface area (Å²) in [4.78, 5) is 3.85. The van der Waals surface area contributed by atoms with E-state index in [1.54, 1.807) is 16.7 Å². The molecule has 0 spiro atoms. The van der Waals surface area contributed by atoms with Crippen molar-refractivity contribution in [2.24, 2.45) is 10.9 Å². The maximum atomic E-state index is 12.3. The molecule has 0 fully saturated rings. The van der Waals surface area contributed by atoms with Crippen molar-refractivity contribution in [3.63, 3.8) is 0 Å². The molecule has 8 nitrogen and oxygen atoms in total. The molecule has 2 aromatic rings. The Labute approximate surface area is 122 Å². The van der Waals surface area contributed by atoms with E-state index in [0.29, 0.717) is 6.54 Å². The second-order valence-corrected chi connectivity index (χ2v) is 5.81. The summed E-state index contributed by atoms with van der Waals surface area (Å²) in [7, 11) is -3.84. The van der Waals surface area contributed by atoms with Gasteiger partial charge >= 0.3 is 0 Å². The monoisotopic (exact) mass is 309 g/mol.